The quantitative estimate of drug-likeness (QED) is 0.453. The fourth-order valence-corrected chi connectivity index (χ4v) is 6.02. The first-order valence-electron chi connectivity index (χ1n) is 9.45. The van der Waals surface area contributed by atoms with Crippen LogP contribution in [0.4, 0.5) is 5.69 Å². The number of anilines is 1. The highest BCUT2D eigenvalue weighted by Gasteiger charge is 2.22. The molecule has 4 aromatic rings. The van der Waals surface area contributed by atoms with E-state index in [1.165, 1.54) is 35.0 Å². The smallest absolute Gasteiger partial charge is 0.234 e. The summed E-state index contributed by atoms with van der Waals surface area (Å²) >= 11 is 9.25. The van der Waals surface area contributed by atoms with Gasteiger partial charge in [0.05, 0.1) is 21.8 Å². The summed E-state index contributed by atoms with van der Waals surface area (Å²) in [5.74, 6) is 0.912. The fraction of sp³-hybridized carbons (Fsp3) is 0.300. The molecule has 3 heterocycles. The second-order valence-electron chi connectivity index (χ2n) is 7.01. The van der Waals surface area contributed by atoms with E-state index in [1.54, 1.807) is 23.5 Å². The molecule has 0 aliphatic heterocycles. The van der Waals surface area contributed by atoms with E-state index >= 15 is 0 Å². The highest BCUT2D eigenvalue weighted by molar-refractivity contribution is 7.99. The summed E-state index contributed by atoms with van der Waals surface area (Å²) in [6, 6.07) is 7.19. The molecule has 0 saturated carbocycles. The summed E-state index contributed by atoms with van der Waals surface area (Å²) in [5, 5.41) is 14.0. The number of hydrogen-bond acceptors (Lipinski definition) is 6. The zero-order valence-corrected chi connectivity index (χ0v) is 18.1. The normalized spacial score (nSPS) is 13.7. The molecule has 0 unspecified atom stereocenters. The molecule has 9 heteroatoms. The number of nitrogens with zero attached hydrogens (tertiary/aromatic N) is 4. The number of carbonyl (C=O) groups excluding carboxylic acids is 1. The van der Waals surface area contributed by atoms with Gasteiger partial charge in [-0.05, 0) is 50.3 Å². The third kappa shape index (κ3) is 3.39. The third-order valence-electron chi connectivity index (χ3n) is 5.08. The van der Waals surface area contributed by atoms with Crippen molar-refractivity contribution >= 4 is 62.2 Å². The Morgan fingerprint density at radius 2 is 2.10 bits per heavy atom. The maximum atomic E-state index is 12.4. The maximum Gasteiger partial charge on any atom is 0.234 e. The number of nitrogens with one attached hydrogen (secondary N) is 1. The molecular weight excluding hydrogens is 426 g/mol. The van der Waals surface area contributed by atoms with Crippen LogP contribution in [0.15, 0.2) is 29.4 Å². The Morgan fingerprint density at radius 3 is 2.97 bits per heavy atom. The van der Waals surface area contributed by atoms with Crippen LogP contribution < -0.4 is 5.32 Å². The average molecular weight is 444 g/mol. The molecule has 1 aromatic carbocycles. The molecule has 1 amide bonds. The minimum Gasteiger partial charge on any atom is -0.324 e. The highest BCUT2D eigenvalue weighted by Crippen LogP contribution is 2.38. The Balaban J connectivity index is 1.44. The molecule has 1 aliphatic rings. The molecule has 6 nitrogen and oxygen atoms in total. The fourth-order valence-electron chi connectivity index (χ4n) is 3.75. The number of rotatable bonds is 4. The van der Waals surface area contributed by atoms with Crippen molar-refractivity contribution in [3.8, 4) is 0 Å². The van der Waals surface area contributed by atoms with E-state index in [9.17, 15) is 4.79 Å². The van der Waals surface area contributed by atoms with Gasteiger partial charge in [0, 0.05) is 4.88 Å². The summed E-state index contributed by atoms with van der Waals surface area (Å²) < 4.78 is 1.97. The number of thioether (sulfide) groups is 1. The van der Waals surface area contributed by atoms with Crippen molar-refractivity contribution < 1.29 is 4.79 Å². The molecule has 5 rings (SSSR count). The predicted octanol–water partition coefficient (Wildman–Crippen LogP) is 4.91. The van der Waals surface area contributed by atoms with E-state index in [0.29, 0.717) is 15.9 Å². The van der Waals surface area contributed by atoms with Crippen molar-refractivity contribution in [1.82, 2.24) is 19.6 Å². The van der Waals surface area contributed by atoms with Gasteiger partial charge < -0.3 is 5.32 Å². The number of carbonyl (C=O) groups is 1. The Labute approximate surface area is 180 Å². The Bertz CT molecular complexity index is 1250. The van der Waals surface area contributed by atoms with E-state index in [-0.39, 0.29) is 11.7 Å². The van der Waals surface area contributed by atoms with Crippen LogP contribution in [0.25, 0.3) is 15.9 Å². The summed E-state index contributed by atoms with van der Waals surface area (Å²) in [5.41, 5.74) is 2.84. The number of para-hydroxylation sites is 1. The highest BCUT2D eigenvalue weighted by atomic mass is 35.5. The molecule has 0 atom stereocenters. The zero-order valence-electron chi connectivity index (χ0n) is 15.7. The number of aromatic nitrogens is 4. The molecule has 3 aromatic heterocycles. The molecule has 148 valence electrons. The van der Waals surface area contributed by atoms with E-state index in [1.807, 2.05) is 23.5 Å². The monoisotopic (exact) mass is 443 g/mol. The van der Waals surface area contributed by atoms with E-state index in [2.05, 4.69) is 15.5 Å². The molecule has 1 N–H and O–H groups in total. The second kappa shape index (κ2) is 7.59. The van der Waals surface area contributed by atoms with E-state index in [0.717, 1.165) is 34.5 Å². The van der Waals surface area contributed by atoms with Gasteiger partial charge in [0.1, 0.15) is 10.7 Å². The van der Waals surface area contributed by atoms with Crippen molar-refractivity contribution in [3.05, 3.63) is 45.6 Å². The van der Waals surface area contributed by atoms with Gasteiger partial charge in [-0.2, -0.15) is 0 Å². The van der Waals surface area contributed by atoms with Gasteiger partial charge >= 0.3 is 0 Å². The molecule has 0 saturated heterocycles. The average Bonchev–Trinajstić information content (AvgIpc) is 3.29. The number of amides is 1. The minimum atomic E-state index is -0.139. The topological polar surface area (TPSA) is 72.2 Å². The first-order chi connectivity index (χ1) is 14.1. The molecule has 0 bridgehead atoms. The Hall–Kier alpha value is -2.16. The predicted molar refractivity (Wildman–Crippen MR) is 118 cm³/mol. The largest absolute Gasteiger partial charge is 0.324 e. The molecular formula is C20H18ClN5OS2. The van der Waals surface area contributed by atoms with Gasteiger partial charge in [-0.3, -0.25) is 9.20 Å². The number of fused-ring (bicyclic) bond motifs is 5. The van der Waals surface area contributed by atoms with Crippen LogP contribution in [0.2, 0.25) is 5.02 Å². The van der Waals surface area contributed by atoms with Crippen molar-refractivity contribution in [2.75, 3.05) is 11.1 Å². The van der Waals surface area contributed by atoms with Gasteiger partial charge in [-0.1, -0.05) is 35.5 Å². The third-order valence-corrected chi connectivity index (χ3v) is 7.52. The van der Waals surface area contributed by atoms with Crippen molar-refractivity contribution in [3.63, 3.8) is 0 Å². The molecule has 0 spiro atoms. The lowest BCUT2D eigenvalue weighted by atomic mass is 9.97. The first kappa shape index (κ1) is 18.8. The van der Waals surface area contributed by atoms with Gasteiger partial charge in [-0.25, -0.2) is 4.98 Å². The summed E-state index contributed by atoms with van der Waals surface area (Å²) in [6.45, 7) is 1.96. The Kier molecular flexibility index (Phi) is 4.93. The van der Waals surface area contributed by atoms with Gasteiger partial charge in [0.25, 0.3) is 0 Å². The number of benzene rings is 1. The minimum absolute atomic E-state index is 0.139. The number of halogens is 1. The van der Waals surface area contributed by atoms with Gasteiger partial charge in [-0.15, -0.1) is 21.5 Å². The standard InChI is InChI=1S/C20H18ClN5OS2/c1-11-22-19-17(12-6-2-5-9-15(12)29-19)18-24-25-20(26(11)18)28-10-16(27)23-14-8-4-3-7-13(14)21/h3-4,7-8H,2,5-6,9-10H2,1H3,(H,23,27). The van der Waals surface area contributed by atoms with E-state index < -0.39 is 0 Å². The first-order valence-corrected chi connectivity index (χ1v) is 11.6. The van der Waals surface area contributed by atoms with Crippen LogP contribution >= 0.6 is 34.7 Å². The Morgan fingerprint density at radius 1 is 1.28 bits per heavy atom. The number of hydrogen-bond donors (Lipinski definition) is 1. The van der Waals surface area contributed by atoms with Crippen LogP contribution in [0.5, 0.6) is 0 Å². The maximum absolute atomic E-state index is 12.4. The van der Waals surface area contributed by atoms with Gasteiger partial charge in [0.15, 0.2) is 10.8 Å². The lowest BCUT2D eigenvalue weighted by Gasteiger charge is -2.10. The molecule has 1 aliphatic carbocycles. The van der Waals surface area contributed by atoms with Crippen LogP contribution in [-0.2, 0) is 17.6 Å². The molecule has 0 radical (unpaired) electrons. The lowest BCUT2D eigenvalue weighted by Crippen LogP contribution is -2.14. The van der Waals surface area contributed by atoms with Crippen LogP contribution in [-0.4, -0.2) is 31.2 Å². The van der Waals surface area contributed by atoms with E-state index in [4.69, 9.17) is 16.6 Å². The summed E-state index contributed by atoms with van der Waals surface area (Å²) in [6.07, 6.45) is 4.64. The molecule has 29 heavy (non-hydrogen) atoms. The van der Waals surface area contributed by atoms with Crippen molar-refractivity contribution in [2.24, 2.45) is 0 Å². The van der Waals surface area contributed by atoms with Crippen molar-refractivity contribution in [1.29, 1.82) is 0 Å². The SMILES string of the molecule is Cc1nc2sc3c(c2c2nnc(SCC(=O)Nc4ccccc4Cl)n12)CCCC3. The molecule has 0 fully saturated rings. The van der Waals surface area contributed by atoms with Crippen LogP contribution in [0.3, 0.4) is 0 Å². The van der Waals surface area contributed by atoms with Crippen LogP contribution in [0.1, 0.15) is 29.1 Å². The van der Waals surface area contributed by atoms with Crippen molar-refractivity contribution in [2.45, 2.75) is 37.8 Å². The lowest BCUT2D eigenvalue weighted by molar-refractivity contribution is -0.113. The summed E-state index contributed by atoms with van der Waals surface area (Å²) in [4.78, 5) is 19.7. The zero-order chi connectivity index (χ0) is 20.0. The number of aryl methyl sites for hydroxylation is 3. The van der Waals surface area contributed by atoms with Gasteiger partial charge in [0.2, 0.25) is 5.91 Å². The number of thiophene rings is 1. The summed E-state index contributed by atoms with van der Waals surface area (Å²) in [7, 11) is 0. The van der Waals surface area contributed by atoms with Crippen LogP contribution in [0, 0.1) is 6.92 Å². The second-order valence-corrected chi connectivity index (χ2v) is 9.44.